The zero-order valence-electron chi connectivity index (χ0n) is 11.1. The first-order valence-electron chi connectivity index (χ1n) is 5.95. The topological polar surface area (TPSA) is 63.3 Å². The minimum absolute atomic E-state index is 0.510. The lowest BCUT2D eigenvalue weighted by molar-refractivity contribution is 0.576. The lowest BCUT2D eigenvalue weighted by Gasteiger charge is -2.06. The van der Waals surface area contributed by atoms with Crippen LogP contribution in [0.25, 0.3) is 0 Å². The third-order valence-corrected chi connectivity index (χ3v) is 3.54. The molecule has 96 valence electrons. The predicted molar refractivity (Wildman–Crippen MR) is 74.4 cm³/mol. The van der Waals surface area contributed by atoms with Crippen LogP contribution in [0.2, 0.25) is 0 Å². The molecule has 0 atom stereocenters. The fraction of sp³-hybridized carbons (Fsp3) is 0.667. The van der Waals surface area contributed by atoms with Crippen molar-refractivity contribution in [2.24, 2.45) is 16.6 Å². The second-order valence-electron chi connectivity index (χ2n) is 4.56. The van der Waals surface area contributed by atoms with Crippen molar-refractivity contribution in [3.63, 3.8) is 0 Å². The van der Waals surface area contributed by atoms with Crippen molar-refractivity contribution in [2.45, 2.75) is 40.7 Å². The number of nitrogens with zero attached hydrogens (tertiary/aromatic N) is 2. The van der Waals surface area contributed by atoms with E-state index in [-0.39, 0.29) is 0 Å². The lowest BCUT2D eigenvalue weighted by atomic mass is 10.1. The molecule has 0 aliphatic heterocycles. The van der Waals surface area contributed by atoms with Crippen LogP contribution in [0.1, 0.15) is 35.8 Å². The smallest absolute Gasteiger partial charge is 0.189 e. The Morgan fingerprint density at radius 3 is 2.71 bits per heavy atom. The number of rotatable bonds is 5. The second kappa shape index (κ2) is 6.59. The van der Waals surface area contributed by atoms with Gasteiger partial charge < -0.3 is 11.1 Å². The van der Waals surface area contributed by atoms with Crippen molar-refractivity contribution in [1.29, 1.82) is 0 Å². The van der Waals surface area contributed by atoms with Crippen LogP contribution in [0, 0.1) is 19.8 Å². The Balaban J connectivity index is 2.37. The molecule has 0 spiro atoms. The number of aromatic nitrogens is 1. The first-order valence-corrected chi connectivity index (χ1v) is 6.77. The molecule has 0 amide bonds. The highest BCUT2D eigenvalue weighted by Crippen LogP contribution is 2.16. The molecule has 17 heavy (non-hydrogen) atoms. The lowest BCUT2D eigenvalue weighted by Crippen LogP contribution is -2.32. The average molecular weight is 254 g/mol. The van der Waals surface area contributed by atoms with Crippen LogP contribution >= 0.6 is 11.3 Å². The molecule has 0 fully saturated rings. The van der Waals surface area contributed by atoms with Crippen molar-refractivity contribution in [3.05, 3.63) is 15.6 Å². The summed E-state index contributed by atoms with van der Waals surface area (Å²) in [5, 5.41) is 4.13. The first kappa shape index (κ1) is 14.0. The Morgan fingerprint density at radius 1 is 1.47 bits per heavy atom. The molecule has 0 saturated carbocycles. The minimum Gasteiger partial charge on any atom is -0.370 e. The van der Waals surface area contributed by atoms with Gasteiger partial charge in [-0.2, -0.15) is 0 Å². The number of aliphatic imine (C=N–C) groups is 1. The van der Waals surface area contributed by atoms with Gasteiger partial charge in [-0.15, -0.1) is 11.3 Å². The number of hydrogen-bond donors (Lipinski definition) is 2. The molecule has 1 rings (SSSR count). The van der Waals surface area contributed by atoms with Gasteiger partial charge in [-0.05, 0) is 26.2 Å². The Kier molecular flexibility index (Phi) is 5.41. The van der Waals surface area contributed by atoms with E-state index >= 15 is 0 Å². The summed E-state index contributed by atoms with van der Waals surface area (Å²) in [6, 6.07) is 0. The first-order chi connectivity index (χ1) is 7.99. The quantitative estimate of drug-likeness (QED) is 0.625. The third-order valence-electron chi connectivity index (χ3n) is 2.49. The summed E-state index contributed by atoms with van der Waals surface area (Å²) < 4.78 is 0. The van der Waals surface area contributed by atoms with Gasteiger partial charge in [0.25, 0.3) is 0 Å². The molecule has 3 N–H and O–H groups in total. The minimum atomic E-state index is 0.510. The fourth-order valence-corrected chi connectivity index (χ4v) is 2.16. The monoisotopic (exact) mass is 254 g/mol. The summed E-state index contributed by atoms with van der Waals surface area (Å²) in [5.41, 5.74) is 6.86. The summed E-state index contributed by atoms with van der Waals surface area (Å²) in [7, 11) is 0. The van der Waals surface area contributed by atoms with Gasteiger partial charge >= 0.3 is 0 Å². The van der Waals surface area contributed by atoms with Crippen LogP contribution in [0.3, 0.4) is 0 Å². The Labute approximate surface area is 107 Å². The Morgan fingerprint density at radius 2 is 2.18 bits per heavy atom. The predicted octanol–water partition coefficient (Wildman–Crippen LogP) is 2.21. The number of nitrogens with two attached hydrogens (primary N) is 1. The second-order valence-corrected chi connectivity index (χ2v) is 5.85. The molecule has 0 unspecified atom stereocenters. The van der Waals surface area contributed by atoms with Crippen LogP contribution < -0.4 is 11.1 Å². The molecule has 0 bridgehead atoms. The summed E-state index contributed by atoms with van der Waals surface area (Å²) in [4.78, 5) is 9.95. The van der Waals surface area contributed by atoms with E-state index in [1.54, 1.807) is 11.3 Å². The highest BCUT2D eigenvalue weighted by Gasteiger charge is 2.02. The van der Waals surface area contributed by atoms with Gasteiger partial charge in [0.2, 0.25) is 0 Å². The molecule has 1 heterocycles. The molecular formula is C12H22N4S. The standard InChI is InChI=1S/C12H22N4S/c1-8(2)5-6-14-12(13)15-7-11-16-9(3)10(4)17-11/h8H,5-7H2,1-4H3,(H3,13,14,15). The number of aryl methyl sites for hydroxylation is 2. The SMILES string of the molecule is Cc1nc(CN=C(N)NCCC(C)C)sc1C. The Hall–Kier alpha value is -1.10. The van der Waals surface area contributed by atoms with Crippen LogP contribution in [-0.4, -0.2) is 17.5 Å². The fourth-order valence-electron chi connectivity index (χ4n) is 1.30. The van der Waals surface area contributed by atoms with Crippen molar-refractivity contribution >= 4 is 17.3 Å². The molecule has 0 aliphatic carbocycles. The van der Waals surface area contributed by atoms with Crippen LogP contribution in [-0.2, 0) is 6.54 Å². The van der Waals surface area contributed by atoms with Crippen molar-refractivity contribution in [1.82, 2.24) is 10.3 Å². The highest BCUT2D eigenvalue weighted by molar-refractivity contribution is 7.11. The molecule has 0 radical (unpaired) electrons. The van der Waals surface area contributed by atoms with Gasteiger partial charge in [-0.3, -0.25) is 0 Å². The van der Waals surface area contributed by atoms with Gasteiger partial charge in [0.1, 0.15) is 5.01 Å². The van der Waals surface area contributed by atoms with E-state index in [4.69, 9.17) is 5.73 Å². The van der Waals surface area contributed by atoms with Crippen LogP contribution in [0.15, 0.2) is 4.99 Å². The number of nitrogens with one attached hydrogen (secondary N) is 1. The van der Waals surface area contributed by atoms with Gasteiger partial charge in [-0.25, -0.2) is 9.98 Å². The zero-order valence-corrected chi connectivity index (χ0v) is 11.9. The number of hydrogen-bond acceptors (Lipinski definition) is 3. The van der Waals surface area contributed by atoms with E-state index in [9.17, 15) is 0 Å². The maximum absolute atomic E-state index is 5.77. The molecule has 0 saturated heterocycles. The van der Waals surface area contributed by atoms with E-state index in [0.29, 0.717) is 18.4 Å². The molecule has 1 aromatic heterocycles. The van der Waals surface area contributed by atoms with E-state index in [1.807, 2.05) is 6.92 Å². The number of guanidine groups is 1. The van der Waals surface area contributed by atoms with Crippen LogP contribution in [0.4, 0.5) is 0 Å². The van der Waals surface area contributed by atoms with E-state index in [0.717, 1.165) is 23.7 Å². The maximum Gasteiger partial charge on any atom is 0.189 e. The average Bonchev–Trinajstić information content (AvgIpc) is 2.55. The summed E-state index contributed by atoms with van der Waals surface area (Å²) >= 11 is 1.68. The number of thiazole rings is 1. The van der Waals surface area contributed by atoms with Gasteiger partial charge in [0, 0.05) is 11.4 Å². The van der Waals surface area contributed by atoms with Crippen molar-refractivity contribution < 1.29 is 0 Å². The Bertz CT molecular complexity index is 362. The van der Waals surface area contributed by atoms with E-state index < -0.39 is 0 Å². The zero-order chi connectivity index (χ0) is 12.8. The van der Waals surface area contributed by atoms with Gasteiger partial charge in [0.05, 0.1) is 12.2 Å². The van der Waals surface area contributed by atoms with Gasteiger partial charge in [0.15, 0.2) is 5.96 Å². The highest BCUT2D eigenvalue weighted by atomic mass is 32.1. The maximum atomic E-state index is 5.77. The summed E-state index contributed by atoms with van der Waals surface area (Å²) in [5.74, 6) is 1.19. The molecule has 4 nitrogen and oxygen atoms in total. The van der Waals surface area contributed by atoms with Crippen molar-refractivity contribution in [2.75, 3.05) is 6.54 Å². The molecule has 0 aromatic carbocycles. The molecule has 5 heteroatoms. The molecule has 1 aromatic rings. The summed E-state index contributed by atoms with van der Waals surface area (Å²) in [6.07, 6.45) is 1.10. The largest absolute Gasteiger partial charge is 0.370 e. The van der Waals surface area contributed by atoms with Gasteiger partial charge in [-0.1, -0.05) is 13.8 Å². The molecular weight excluding hydrogens is 232 g/mol. The summed E-state index contributed by atoms with van der Waals surface area (Å²) in [6.45, 7) is 9.92. The van der Waals surface area contributed by atoms with Crippen molar-refractivity contribution in [3.8, 4) is 0 Å². The molecule has 0 aliphatic rings. The van der Waals surface area contributed by atoms with Crippen LogP contribution in [0.5, 0.6) is 0 Å². The van der Waals surface area contributed by atoms with E-state index in [2.05, 4.69) is 36.1 Å². The third kappa shape index (κ3) is 5.17. The van der Waals surface area contributed by atoms with E-state index in [1.165, 1.54) is 4.88 Å². The normalized spacial score (nSPS) is 12.2.